The van der Waals surface area contributed by atoms with Crippen LogP contribution in [0.1, 0.15) is 83.1 Å². The second kappa shape index (κ2) is 12.0. The molecule has 0 aromatic carbocycles. The third-order valence-electron chi connectivity index (χ3n) is 5.72. The van der Waals surface area contributed by atoms with Crippen LogP contribution in [0.5, 0.6) is 0 Å². The lowest BCUT2D eigenvalue weighted by Gasteiger charge is -2.40. The molecule has 0 amide bonds. The molecule has 0 unspecified atom stereocenters. The van der Waals surface area contributed by atoms with Gasteiger partial charge < -0.3 is 19.6 Å². The molecule has 192 valence electrons. The van der Waals surface area contributed by atoms with Gasteiger partial charge in [-0.25, -0.2) is 0 Å². The molecule has 0 radical (unpaired) electrons. The fourth-order valence-corrected chi connectivity index (χ4v) is 4.89. The molecule has 1 fully saturated rings. The summed E-state index contributed by atoms with van der Waals surface area (Å²) >= 11 is 0. The van der Waals surface area contributed by atoms with Gasteiger partial charge in [-0.3, -0.25) is 0 Å². The summed E-state index contributed by atoms with van der Waals surface area (Å²) in [6, 6.07) is 0. The van der Waals surface area contributed by atoms with Gasteiger partial charge in [0.2, 0.25) is 0 Å². The lowest BCUT2D eigenvalue weighted by molar-refractivity contribution is 0.0814. The second-order valence-electron chi connectivity index (χ2n) is 15.3. The van der Waals surface area contributed by atoms with Crippen LogP contribution < -0.4 is 0 Å². The molecule has 4 heteroatoms. The van der Waals surface area contributed by atoms with Crippen molar-refractivity contribution < 1.29 is 0 Å². The third kappa shape index (κ3) is 15.6. The van der Waals surface area contributed by atoms with Gasteiger partial charge in [0.25, 0.3) is 0 Å². The lowest BCUT2D eigenvalue weighted by atomic mass is 9.94. The van der Waals surface area contributed by atoms with Crippen molar-refractivity contribution in [1.29, 1.82) is 0 Å². The van der Waals surface area contributed by atoms with Crippen LogP contribution in [0.2, 0.25) is 0 Å². The monoisotopic (exact) mass is 452 g/mol. The highest BCUT2D eigenvalue weighted by Crippen LogP contribution is 2.20. The lowest BCUT2D eigenvalue weighted by Crippen LogP contribution is -2.50. The molecule has 0 atom stereocenters. The molecule has 32 heavy (non-hydrogen) atoms. The van der Waals surface area contributed by atoms with E-state index in [9.17, 15) is 0 Å². The van der Waals surface area contributed by atoms with Gasteiger partial charge in [-0.05, 0) is 21.7 Å². The van der Waals surface area contributed by atoms with E-state index in [1.54, 1.807) is 0 Å². The highest BCUT2D eigenvalue weighted by atomic mass is 15.3. The quantitative estimate of drug-likeness (QED) is 0.567. The predicted molar refractivity (Wildman–Crippen MR) is 144 cm³/mol. The first-order valence-corrected chi connectivity index (χ1v) is 13.2. The van der Waals surface area contributed by atoms with Gasteiger partial charge >= 0.3 is 0 Å². The van der Waals surface area contributed by atoms with E-state index in [0.717, 1.165) is 0 Å². The van der Waals surface area contributed by atoms with Gasteiger partial charge in [-0.15, -0.1) is 0 Å². The van der Waals surface area contributed by atoms with Crippen molar-refractivity contribution >= 4 is 0 Å². The molecular formula is C28H60N4. The maximum Gasteiger partial charge on any atom is 0.0110 e. The summed E-state index contributed by atoms with van der Waals surface area (Å²) in [5, 5.41) is 0. The first kappa shape index (κ1) is 29.9. The maximum absolute atomic E-state index is 2.74. The summed E-state index contributed by atoms with van der Waals surface area (Å²) in [5.74, 6) is 0. The summed E-state index contributed by atoms with van der Waals surface area (Å²) in [4.78, 5) is 10.9. The fourth-order valence-electron chi connectivity index (χ4n) is 4.89. The van der Waals surface area contributed by atoms with Crippen LogP contribution in [-0.2, 0) is 0 Å². The number of hydrogen-bond donors (Lipinski definition) is 0. The van der Waals surface area contributed by atoms with E-state index < -0.39 is 0 Å². The summed E-state index contributed by atoms with van der Waals surface area (Å²) in [6.45, 7) is 42.7. The maximum atomic E-state index is 2.74. The fraction of sp³-hybridized carbons (Fsp3) is 1.00. The van der Waals surface area contributed by atoms with Gasteiger partial charge in [0.15, 0.2) is 0 Å². The minimum absolute atomic E-state index is 0.338. The molecule has 1 rings (SSSR count). The Hall–Kier alpha value is -0.160. The molecule has 4 nitrogen and oxygen atoms in total. The first-order chi connectivity index (χ1) is 14.3. The zero-order valence-corrected chi connectivity index (χ0v) is 24.3. The zero-order valence-electron chi connectivity index (χ0n) is 24.3. The Labute approximate surface area is 203 Å². The average Bonchev–Trinajstić information content (AvgIpc) is 2.52. The Morgan fingerprint density at radius 3 is 0.531 bits per heavy atom. The van der Waals surface area contributed by atoms with Crippen LogP contribution in [0.3, 0.4) is 0 Å². The van der Waals surface area contributed by atoms with Gasteiger partial charge in [0.1, 0.15) is 0 Å². The molecule has 0 bridgehead atoms. The van der Waals surface area contributed by atoms with Crippen molar-refractivity contribution in [3.8, 4) is 0 Å². The number of rotatable bonds is 4. The van der Waals surface area contributed by atoms with E-state index in [0.29, 0.717) is 21.7 Å². The molecule has 0 aliphatic carbocycles. The Kier molecular flexibility index (Phi) is 11.2. The third-order valence-corrected chi connectivity index (χ3v) is 5.72. The van der Waals surface area contributed by atoms with Gasteiger partial charge in [-0.2, -0.15) is 0 Å². The van der Waals surface area contributed by atoms with E-state index in [2.05, 4.69) is 103 Å². The van der Waals surface area contributed by atoms with Crippen LogP contribution in [-0.4, -0.2) is 98.1 Å². The largest absolute Gasteiger partial charge is 0.300 e. The van der Waals surface area contributed by atoms with Crippen molar-refractivity contribution in [2.24, 2.45) is 21.7 Å². The normalized spacial score (nSPS) is 21.4. The Balaban J connectivity index is 3.05. The van der Waals surface area contributed by atoms with E-state index in [-0.39, 0.29) is 0 Å². The minimum Gasteiger partial charge on any atom is -0.300 e. The van der Waals surface area contributed by atoms with Crippen LogP contribution in [0.4, 0.5) is 0 Å². The topological polar surface area (TPSA) is 13.0 Å². The summed E-state index contributed by atoms with van der Waals surface area (Å²) in [6.07, 6.45) is 0. The SMILES string of the molecule is CC(C)(C)CN1CCN(CC(C)(C)C)CCN(CC(C)(C)C)CCN(CC(C)(C)C)CC1. The molecule has 1 saturated heterocycles. The molecule has 0 aromatic rings. The summed E-state index contributed by atoms with van der Waals surface area (Å²) in [7, 11) is 0. The van der Waals surface area contributed by atoms with Crippen molar-refractivity contribution in [3.05, 3.63) is 0 Å². The van der Waals surface area contributed by atoms with Gasteiger partial charge in [0, 0.05) is 78.5 Å². The Morgan fingerprint density at radius 1 is 0.312 bits per heavy atom. The smallest absolute Gasteiger partial charge is 0.0110 e. The molecule has 1 aliphatic rings. The highest BCUT2D eigenvalue weighted by molar-refractivity contribution is 4.80. The molecule has 0 spiro atoms. The number of nitrogens with zero attached hydrogens (tertiary/aromatic N) is 4. The molecule has 0 saturated carbocycles. The number of hydrogen-bond acceptors (Lipinski definition) is 4. The van der Waals surface area contributed by atoms with E-state index in [1.165, 1.54) is 78.5 Å². The van der Waals surface area contributed by atoms with Gasteiger partial charge in [-0.1, -0.05) is 83.1 Å². The molecule has 0 aromatic heterocycles. The van der Waals surface area contributed by atoms with Crippen LogP contribution in [0, 0.1) is 21.7 Å². The van der Waals surface area contributed by atoms with Crippen molar-refractivity contribution in [1.82, 2.24) is 19.6 Å². The van der Waals surface area contributed by atoms with Crippen molar-refractivity contribution in [2.45, 2.75) is 83.1 Å². The van der Waals surface area contributed by atoms with E-state index in [4.69, 9.17) is 0 Å². The van der Waals surface area contributed by atoms with Crippen LogP contribution in [0.15, 0.2) is 0 Å². The van der Waals surface area contributed by atoms with E-state index >= 15 is 0 Å². The highest BCUT2D eigenvalue weighted by Gasteiger charge is 2.25. The second-order valence-corrected chi connectivity index (χ2v) is 15.3. The summed E-state index contributed by atoms with van der Waals surface area (Å²) < 4.78 is 0. The molecule has 1 heterocycles. The van der Waals surface area contributed by atoms with Crippen molar-refractivity contribution in [3.63, 3.8) is 0 Å². The molecule has 0 N–H and O–H groups in total. The standard InChI is InChI=1S/C28H60N4/c1-25(2,3)21-29-13-15-30(22-26(4,5)6)17-19-32(24-28(10,11)12)20-18-31(16-14-29)23-27(7,8)9/h13-24H2,1-12H3. The first-order valence-electron chi connectivity index (χ1n) is 13.2. The Morgan fingerprint density at radius 2 is 0.438 bits per heavy atom. The van der Waals surface area contributed by atoms with Crippen LogP contribution >= 0.6 is 0 Å². The Bertz CT molecular complexity index is 404. The van der Waals surface area contributed by atoms with E-state index in [1.807, 2.05) is 0 Å². The minimum atomic E-state index is 0.338. The average molecular weight is 453 g/mol. The van der Waals surface area contributed by atoms with Crippen molar-refractivity contribution in [2.75, 3.05) is 78.5 Å². The summed E-state index contributed by atoms with van der Waals surface area (Å²) in [5.41, 5.74) is 1.35. The van der Waals surface area contributed by atoms with Crippen LogP contribution in [0.25, 0.3) is 0 Å². The van der Waals surface area contributed by atoms with Gasteiger partial charge in [0.05, 0.1) is 0 Å². The molecular weight excluding hydrogens is 392 g/mol. The molecule has 1 aliphatic heterocycles. The predicted octanol–water partition coefficient (Wildman–Crippen LogP) is 5.39. The zero-order chi connectivity index (χ0) is 24.8.